The number of ether oxygens (including phenoxy) is 2. The topological polar surface area (TPSA) is 77.5 Å². The third-order valence-electron chi connectivity index (χ3n) is 3.71. The number of amides is 1. The van der Waals surface area contributed by atoms with Crippen molar-refractivity contribution in [3.05, 3.63) is 53.6 Å². The lowest BCUT2D eigenvalue weighted by Gasteiger charge is -2.09. The Hall–Kier alpha value is -2.93. The summed E-state index contributed by atoms with van der Waals surface area (Å²) in [6, 6.07) is 12.1. The number of carbonyl (C=O) groups is 2. The van der Waals surface area contributed by atoms with Crippen LogP contribution in [0, 0.1) is 5.92 Å². The lowest BCUT2D eigenvalue weighted by atomic mass is 10.2. The Morgan fingerprint density at radius 3 is 2.70 bits per heavy atom. The molecule has 0 unspecified atom stereocenters. The number of fused-ring (bicyclic) bond motifs is 1. The Balaban J connectivity index is 1.75. The van der Waals surface area contributed by atoms with Gasteiger partial charge in [-0.3, -0.25) is 10.1 Å². The fourth-order valence-corrected chi connectivity index (χ4v) is 3.28. The van der Waals surface area contributed by atoms with Gasteiger partial charge in [-0.2, -0.15) is 0 Å². The molecule has 1 heterocycles. The Morgan fingerprint density at radius 1 is 1.15 bits per heavy atom. The molecule has 0 saturated heterocycles. The number of esters is 1. The van der Waals surface area contributed by atoms with Gasteiger partial charge in [0.1, 0.15) is 5.75 Å². The molecule has 0 aliphatic rings. The van der Waals surface area contributed by atoms with E-state index in [9.17, 15) is 9.59 Å². The molecule has 3 aromatic rings. The summed E-state index contributed by atoms with van der Waals surface area (Å²) in [5.74, 6) is 0.384. The second-order valence-electron chi connectivity index (χ2n) is 6.38. The Bertz CT molecular complexity index is 981. The molecule has 6 nitrogen and oxygen atoms in total. The molecule has 0 bridgehead atoms. The summed E-state index contributed by atoms with van der Waals surface area (Å²) in [4.78, 5) is 28.6. The summed E-state index contributed by atoms with van der Waals surface area (Å²) in [5, 5.41) is 3.26. The van der Waals surface area contributed by atoms with Gasteiger partial charge in [0, 0.05) is 5.56 Å². The molecule has 1 aromatic heterocycles. The zero-order chi connectivity index (χ0) is 19.4. The fourth-order valence-electron chi connectivity index (χ4n) is 2.38. The SMILES string of the molecule is COC(=O)c1ccc2nc(NC(=O)c3cccc(OCC(C)C)c3)sc2c1. The van der Waals surface area contributed by atoms with E-state index in [1.165, 1.54) is 18.4 Å². The number of hydrogen-bond donors (Lipinski definition) is 1. The van der Waals surface area contributed by atoms with Crippen LogP contribution in [0.2, 0.25) is 0 Å². The smallest absolute Gasteiger partial charge is 0.337 e. The maximum atomic E-state index is 12.5. The molecule has 2 aromatic carbocycles. The summed E-state index contributed by atoms with van der Waals surface area (Å²) in [5.41, 5.74) is 1.64. The first-order valence-electron chi connectivity index (χ1n) is 8.49. The molecule has 0 spiro atoms. The normalized spacial score (nSPS) is 10.8. The molecule has 27 heavy (non-hydrogen) atoms. The van der Waals surface area contributed by atoms with E-state index in [1.54, 1.807) is 36.4 Å². The predicted molar refractivity (Wildman–Crippen MR) is 106 cm³/mol. The van der Waals surface area contributed by atoms with Crippen LogP contribution in [-0.4, -0.2) is 30.6 Å². The number of benzene rings is 2. The van der Waals surface area contributed by atoms with Gasteiger partial charge in [0.15, 0.2) is 5.13 Å². The maximum Gasteiger partial charge on any atom is 0.337 e. The highest BCUT2D eigenvalue weighted by molar-refractivity contribution is 7.22. The quantitative estimate of drug-likeness (QED) is 0.639. The van der Waals surface area contributed by atoms with Crippen LogP contribution in [0.1, 0.15) is 34.6 Å². The monoisotopic (exact) mass is 384 g/mol. The minimum Gasteiger partial charge on any atom is -0.493 e. The van der Waals surface area contributed by atoms with Crippen molar-refractivity contribution in [3.8, 4) is 5.75 Å². The highest BCUT2D eigenvalue weighted by Gasteiger charge is 2.13. The number of aromatic nitrogens is 1. The van der Waals surface area contributed by atoms with E-state index < -0.39 is 5.97 Å². The number of methoxy groups -OCH3 is 1. The van der Waals surface area contributed by atoms with Crippen LogP contribution in [-0.2, 0) is 4.74 Å². The lowest BCUT2D eigenvalue weighted by Crippen LogP contribution is -2.12. The number of anilines is 1. The van der Waals surface area contributed by atoms with Gasteiger partial charge in [-0.1, -0.05) is 31.3 Å². The summed E-state index contributed by atoms with van der Waals surface area (Å²) in [7, 11) is 1.34. The highest BCUT2D eigenvalue weighted by atomic mass is 32.1. The second-order valence-corrected chi connectivity index (χ2v) is 7.41. The average molecular weight is 384 g/mol. The first-order valence-corrected chi connectivity index (χ1v) is 9.31. The number of thiazole rings is 1. The van der Waals surface area contributed by atoms with Crippen molar-refractivity contribution in [2.75, 3.05) is 19.0 Å². The van der Waals surface area contributed by atoms with Crippen molar-refractivity contribution in [2.45, 2.75) is 13.8 Å². The molecule has 7 heteroatoms. The average Bonchev–Trinajstić information content (AvgIpc) is 3.07. The Labute approximate surface area is 161 Å². The number of carbonyl (C=O) groups excluding carboxylic acids is 2. The number of nitrogens with zero attached hydrogens (tertiary/aromatic N) is 1. The first kappa shape index (κ1) is 18.8. The predicted octanol–water partition coefficient (Wildman–Crippen LogP) is 4.37. The molecule has 0 fully saturated rings. The standard InChI is InChI=1S/C20H20N2O4S/c1-12(2)11-26-15-6-4-5-13(9-15)18(23)22-20-21-16-8-7-14(19(24)25-3)10-17(16)27-20/h4-10,12H,11H2,1-3H3,(H,21,22,23). The van der Waals surface area contributed by atoms with Crippen molar-refractivity contribution in [3.63, 3.8) is 0 Å². The molecule has 1 amide bonds. The van der Waals surface area contributed by atoms with Crippen molar-refractivity contribution < 1.29 is 19.1 Å². The minimum atomic E-state index is -0.408. The molecule has 0 atom stereocenters. The van der Waals surface area contributed by atoms with Gasteiger partial charge in [0.05, 0.1) is 29.5 Å². The van der Waals surface area contributed by atoms with Crippen LogP contribution >= 0.6 is 11.3 Å². The van der Waals surface area contributed by atoms with Gasteiger partial charge in [-0.15, -0.1) is 0 Å². The minimum absolute atomic E-state index is 0.266. The third-order valence-corrected chi connectivity index (χ3v) is 4.64. The lowest BCUT2D eigenvalue weighted by molar-refractivity contribution is 0.0601. The highest BCUT2D eigenvalue weighted by Crippen LogP contribution is 2.27. The van der Waals surface area contributed by atoms with Gasteiger partial charge in [0.25, 0.3) is 5.91 Å². The number of rotatable bonds is 6. The molecule has 0 radical (unpaired) electrons. The molecular weight excluding hydrogens is 364 g/mol. The summed E-state index contributed by atoms with van der Waals surface area (Å²) < 4.78 is 11.2. The summed E-state index contributed by atoms with van der Waals surface area (Å²) in [6.45, 7) is 4.72. The van der Waals surface area contributed by atoms with Crippen LogP contribution in [0.25, 0.3) is 10.2 Å². The van der Waals surface area contributed by atoms with Crippen molar-refractivity contribution in [1.82, 2.24) is 4.98 Å². The Kier molecular flexibility index (Phi) is 5.71. The van der Waals surface area contributed by atoms with Crippen LogP contribution in [0.4, 0.5) is 5.13 Å². The summed E-state index contributed by atoms with van der Waals surface area (Å²) in [6.07, 6.45) is 0. The van der Waals surface area contributed by atoms with E-state index in [4.69, 9.17) is 9.47 Å². The van der Waals surface area contributed by atoms with Gasteiger partial charge in [-0.05, 0) is 42.3 Å². The van der Waals surface area contributed by atoms with Crippen LogP contribution in [0.3, 0.4) is 0 Å². The van der Waals surface area contributed by atoms with Crippen LogP contribution < -0.4 is 10.1 Å². The molecular formula is C20H20N2O4S. The van der Waals surface area contributed by atoms with E-state index in [0.29, 0.717) is 40.0 Å². The largest absolute Gasteiger partial charge is 0.493 e. The van der Waals surface area contributed by atoms with Crippen molar-refractivity contribution in [2.24, 2.45) is 5.92 Å². The molecule has 0 saturated carbocycles. The number of nitrogens with one attached hydrogen (secondary N) is 1. The van der Waals surface area contributed by atoms with Gasteiger partial charge in [0.2, 0.25) is 0 Å². The van der Waals surface area contributed by atoms with Crippen molar-refractivity contribution >= 4 is 38.6 Å². The number of hydrogen-bond acceptors (Lipinski definition) is 6. The third kappa shape index (κ3) is 4.62. The van der Waals surface area contributed by atoms with Crippen LogP contribution in [0.15, 0.2) is 42.5 Å². The maximum absolute atomic E-state index is 12.5. The summed E-state index contributed by atoms with van der Waals surface area (Å²) >= 11 is 1.30. The molecule has 140 valence electrons. The van der Waals surface area contributed by atoms with Gasteiger partial charge in [-0.25, -0.2) is 9.78 Å². The van der Waals surface area contributed by atoms with Gasteiger partial charge < -0.3 is 9.47 Å². The molecule has 1 N–H and O–H groups in total. The van der Waals surface area contributed by atoms with E-state index in [2.05, 4.69) is 24.1 Å². The van der Waals surface area contributed by atoms with E-state index in [-0.39, 0.29) is 5.91 Å². The first-order chi connectivity index (χ1) is 13.0. The zero-order valence-electron chi connectivity index (χ0n) is 15.3. The molecule has 3 rings (SSSR count). The van der Waals surface area contributed by atoms with E-state index in [0.717, 1.165) is 4.70 Å². The fraction of sp³-hybridized carbons (Fsp3) is 0.250. The Morgan fingerprint density at radius 2 is 1.96 bits per heavy atom. The van der Waals surface area contributed by atoms with Gasteiger partial charge >= 0.3 is 5.97 Å². The molecule has 0 aliphatic carbocycles. The van der Waals surface area contributed by atoms with Crippen molar-refractivity contribution in [1.29, 1.82) is 0 Å². The van der Waals surface area contributed by atoms with E-state index in [1.807, 2.05) is 6.07 Å². The zero-order valence-corrected chi connectivity index (χ0v) is 16.1. The second kappa shape index (κ2) is 8.18. The van der Waals surface area contributed by atoms with Crippen LogP contribution in [0.5, 0.6) is 5.75 Å². The molecule has 0 aliphatic heterocycles. The van der Waals surface area contributed by atoms with E-state index >= 15 is 0 Å².